The minimum absolute atomic E-state index is 0.712. The summed E-state index contributed by atoms with van der Waals surface area (Å²) in [7, 11) is 1.76. The maximum Gasteiger partial charge on any atom is 0.0989 e. The van der Waals surface area contributed by atoms with Crippen LogP contribution in [0.1, 0.15) is 12.0 Å². The molecule has 16 heavy (non-hydrogen) atoms. The monoisotopic (exact) mass is 239 g/mol. The van der Waals surface area contributed by atoms with Gasteiger partial charge in [-0.1, -0.05) is 30.3 Å². The fourth-order valence-corrected chi connectivity index (χ4v) is 2.06. The number of nitrogens with zero attached hydrogens (tertiary/aromatic N) is 1. The van der Waals surface area contributed by atoms with E-state index in [1.807, 2.05) is 11.8 Å². The van der Waals surface area contributed by atoms with Gasteiger partial charge in [-0.25, -0.2) is 0 Å². The van der Waals surface area contributed by atoms with Crippen molar-refractivity contribution >= 4 is 11.8 Å². The van der Waals surface area contributed by atoms with E-state index in [4.69, 9.17) is 4.74 Å². The summed E-state index contributed by atoms with van der Waals surface area (Å²) < 4.78 is 5.23. The standard InChI is InChI=1S/C13H21NOS/c1-15-12-14(9-6-10-16-2)11-13-7-4-3-5-8-13/h3-5,7-8H,6,9-12H2,1-2H3. The van der Waals surface area contributed by atoms with Crippen LogP contribution < -0.4 is 0 Å². The first-order valence-electron chi connectivity index (χ1n) is 5.61. The van der Waals surface area contributed by atoms with E-state index in [0.29, 0.717) is 6.73 Å². The average molecular weight is 239 g/mol. The van der Waals surface area contributed by atoms with Gasteiger partial charge in [0.05, 0.1) is 6.73 Å². The molecule has 0 fully saturated rings. The van der Waals surface area contributed by atoms with Crippen molar-refractivity contribution in [3.63, 3.8) is 0 Å². The number of thioether (sulfide) groups is 1. The average Bonchev–Trinajstić information content (AvgIpc) is 2.31. The lowest BCUT2D eigenvalue weighted by atomic mass is 10.2. The Kier molecular flexibility index (Phi) is 7.30. The molecule has 0 radical (unpaired) electrons. The third kappa shape index (κ3) is 5.54. The lowest BCUT2D eigenvalue weighted by molar-refractivity contribution is 0.0581. The van der Waals surface area contributed by atoms with Crippen LogP contribution in [0.4, 0.5) is 0 Å². The summed E-state index contributed by atoms with van der Waals surface area (Å²) in [6.45, 7) is 2.79. The lowest BCUT2D eigenvalue weighted by Crippen LogP contribution is -2.26. The molecule has 1 aromatic rings. The molecule has 90 valence electrons. The molecule has 0 bridgehead atoms. The molecule has 2 nitrogen and oxygen atoms in total. The third-order valence-corrected chi connectivity index (χ3v) is 3.08. The molecular formula is C13H21NOS. The zero-order valence-electron chi connectivity index (χ0n) is 10.2. The summed E-state index contributed by atoms with van der Waals surface area (Å²) in [5.41, 5.74) is 1.35. The molecule has 1 aromatic carbocycles. The number of hydrogen-bond donors (Lipinski definition) is 0. The minimum atomic E-state index is 0.712. The first kappa shape index (κ1) is 13.6. The van der Waals surface area contributed by atoms with Crippen molar-refractivity contribution in [3.8, 4) is 0 Å². The molecule has 0 aliphatic carbocycles. The zero-order chi connectivity index (χ0) is 11.6. The van der Waals surface area contributed by atoms with Crippen molar-refractivity contribution in [3.05, 3.63) is 35.9 Å². The van der Waals surface area contributed by atoms with Crippen LogP contribution in [-0.2, 0) is 11.3 Å². The van der Waals surface area contributed by atoms with E-state index in [0.717, 1.165) is 13.1 Å². The highest BCUT2D eigenvalue weighted by Crippen LogP contribution is 2.06. The molecule has 0 saturated carbocycles. The molecule has 0 aliphatic rings. The Morgan fingerprint density at radius 2 is 2.00 bits per heavy atom. The summed E-state index contributed by atoms with van der Waals surface area (Å²) in [5.74, 6) is 1.22. The molecule has 0 aromatic heterocycles. The van der Waals surface area contributed by atoms with Crippen LogP contribution in [0.25, 0.3) is 0 Å². The molecule has 0 N–H and O–H groups in total. The van der Waals surface area contributed by atoms with Gasteiger partial charge in [-0.2, -0.15) is 11.8 Å². The Morgan fingerprint density at radius 3 is 2.62 bits per heavy atom. The van der Waals surface area contributed by atoms with E-state index < -0.39 is 0 Å². The van der Waals surface area contributed by atoms with Crippen molar-refractivity contribution in [2.75, 3.05) is 32.4 Å². The minimum Gasteiger partial charge on any atom is -0.369 e. The Morgan fingerprint density at radius 1 is 1.25 bits per heavy atom. The van der Waals surface area contributed by atoms with E-state index in [9.17, 15) is 0 Å². The predicted molar refractivity (Wildman–Crippen MR) is 71.7 cm³/mol. The zero-order valence-corrected chi connectivity index (χ0v) is 11.0. The summed E-state index contributed by atoms with van der Waals surface area (Å²) >= 11 is 1.90. The predicted octanol–water partition coefficient (Wildman–Crippen LogP) is 2.85. The van der Waals surface area contributed by atoms with E-state index in [1.54, 1.807) is 7.11 Å². The van der Waals surface area contributed by atoms with Gasteiger partial charge in [-0.05, 0) is 24.0 Å². The maximum atomic E-state index is 5.23. The SMILES string of the molecule is COCN(CCCSC)Cc1ccccc1. The van der Waals surface area contributed by atoms with Crippen molar-refractivity contribution in [2.45, 2.75) is 13.0 Å². The Balaban J connectivity index is 2.38. The van der Waals surface area contributed by atoms with Crippen molar-refractivity contribution in [2.24, 2.45) is 0 Å². The van der Waals surface area contributed by atoms with Gasteiger partial charge in [0.2, 0.25) is 0 Å². The van der Waals surface area contributed by atoms with Crippen LogP contribution in [-0.4, -0.2) is 37.3 Å². The molecule has 0 atom stereocenters. The van der Waals surface area contributed by atoms with Gasteiger partial charge in [0.1, 0.15) is 0 Å². The quantitative estimate of drug-likeness (QED) is 0.511. The smallest absolute Gasteiger partial charge is 0.0989 e. The van der Waals surface area contributed by atoms with Gasteiger partial charge in [-0.3, -0.25) is 4.90 Å². The normalized spacial score (nSPS) is 10.9. The van der Waals surface area contributed by atoms with Crippen LogP contribution in [0.2, 0.25) is 0 Å². The summed E-state index contributed by atoms with van der Waals surface area (Å²) in [4.78, 5) is 2.34. The summed E-state index contributed by atoms with van der Waals surface area (Å²) in [6.07, 6.45) is 3.37. The first-order valence-corrected chi connectivity index (χ1v) is 7.00. The molecule has 0 aliphatic heterocycles. The van der Waals surface area contributed by atoms with Gasteiger partial charge in [-0.15, -0.1) is 0 Å². The topological polar surface area (TPSA) is 12.5 Å². The van der Waals surface area contributed by atoms with Gasteiger partial charge >= 0.3 is 0 Å². The second-order valence-corrected chi connectivity index (χ2v) is 4.79. The molecule has 0 heterocycles. The van der Waals surface area contributed by atoms with Gasteiger partial charge < -0.3 is 4.74 Å². The first-order chi connectivity index (χ1) is 7.86. The van der Waals surface area contributed by atoms with Crippen LogP contribution in [0.5, 0.6) is 0 Å². The van der Waals surface area contributed by atoms with Crippen LogP contribution in [0.15, 0.2) is 30.3 Å². The van der Waals surface area contributed by atoms with E-state index in [-0.39, 0.29) is 0 Å². The van der Waals surface area contributed by atoms with Crippen molar-refractivity contribution in [1.82, 2.24) is 4.90 Å². The molecule has 0 unspecified atom stereocenters. The van der Waals surface area contributed by atoms with Crippen LogP contribution in [0.3, 0.4) is 0 Å². The third-order valence-electron chi connectivity index (χ3n) is 2.38. The van der Waals surface area contributed by atoms with Crippen molar-refractivity contribution in [1.29, 1.82) is 0 Å². The molecular weight excluding hydrogens is 218 g/mol. The molecule has 1 rings (SSSR count). The van der Waals surface area contributed by atoms with E-state index in [2.05, 4.69) is 41.5 Å². The van der Waals surface area contributed by atoms with Gasteiger partial charge in [0, 0.05) is 20.2 Å². The van der Waals surface area contributed by atoms with Crippen LogP contribution in [0, 0.1) is 0 Å². The van der Waals surface area contributed by atoms with E-state index in [1.165, 1.54) is 17.7 Å². The Labute approximate surface area is 103 Å². The number of ether oxygens (including phenoxy) is 1. The van der Waals surface area contributed by atoms with Crippen molar-refractivity contribution < 1.29 is 4.74 Å². The van der Waals surface area contributed by atoms with Gasteiger partial charge in [0.25, 0.3) is 0 Å². The molecule has 0 amide bonds. The second kappa shape index (κ2) is 8.62. The fraction of sp³-hybridized carbons (Fsp3) is 0.538. The highest BCUT2D eigenvalue weighted by atomic mass is 32.2. The largest absolute Gasteiger partial charge is 0.369 e. The Bertz CT molecular complexity index is 266. The molecule has 3 heteroatoms. The molecule has 0 saturated heterocycles. The van der Waals surface area contributed by atoms with E-state index >= 15 is 0 Å². The number of methoxy groups -OCH3 is 1. The fourth-order valence-electron chi connectivity index (χ4n) is 1.65. The highest BCUT2D eigenvalue weighted by molar-refractivity contribution is 7.98. The number of benzene rings is 1. The van der Waals surface area contributed by atoms with Crippen LogP contribution >= 0.6 is 11.8 Å². The highest BCUT2D eigenvalue weighted by Gasteiger charge is 2.04. The summed E-state index contributed by atoms with van der Waals surface area (Å²) in [5, 5.41) is 0. The summed E-state index contributed by atoms with van der Waals surface area (Å²) in [6, 6.07) is 10.6. The number of hydrogen-bond acceptors (Lipinski definition) is 3. The van der Waals surface area contributed by atoms with Gasteiger partial charge in [0.15, 0.2) is 0 Å². The maximum absolute atomic E-state index is 5.23. The molecule has 0 spiro atoms. The lowest BCUT2D eigenvalue weighted by Gasteiger charge is -2.21. The number of rotatable bonds is 8. The Hall–Kier alpha value is -0.510. The second-order valence-electron chi connectivity index (χ2n) is 3.80.